The van der Waals surface area contributed by atoms with Crippen molar-refractivity contribution >= 4 is 5.97 Å². The van der Waals surface area contributed by atoms with Crippen molar-refractivity contribution in [2.75, 3.05) is 0 Å². The minimum absolute atomic E-state index is 0.156. The van der Waals surface area contributed by atoms with Crippen molar-refractivity contribution in [2.24, 2.45) is 5.73 Å². The first kappa shape index (κ1) is 10.6. The molecule has 76 valence electrons. The van der Waals surface area contributed by atoms with Gasteiger partial charge < -0.3 is 10.8 Å². The SMILES string of the molecule is CC(C)c1ccnc(C(N)C(=O)O)n1. The van der Waals surface area contributed by atoms with E-state index in [-0.39, 0.29) is 11.7 Å². The molecule has 0 saturated heterocycles. The second-order valence-corrected chi connectivity index (χ2v) is 3.31. The zero-order valence-corrected chi connectivity index (χ0v) is 8.14. The Morgan fingerprint density at radius 3 is 2.71 bits per heavy atom. The largest absolute Gasteiger partial charge is 0.480 e. The second-order valence-electron chi connectivity index (χ2n) is 3.31. The van der Waals surface area contributed by atoms with E-state index in [1.807, 2.05) is 13.8 Å². The smallest absolute Gasteiger partial charge is 0.328 e. The van der Waals surface area contributed by atoms with E-state index < -0.39 is 12.0 Å². The summed E-state index contributed by atoms with van der Waals surface area (Å²) in [5.41, 5.74) is 6.18. The molecule has 14 heavy (non-hydrogen) atoms. The second kappa shape index (κ2) is 4.15. The molecule has 1 atom stereocenters. The third kappa shape index (κ3) is 2.26. The summed E-state index contributed by atoms with van der Waals surface area (Å²) >= 11 is 0. The quantitative estimate of drug-likeness (QED) is 0.740. The van der Waals surface area contributed by atoms with E-state index in [0.29, 0.717) is 0 Å². The van der Waals surface area contributed by atoms with Crippen LogP contribution in [0.25, 0.3) is 0 Å². The lowest BCUT2D eigenvalue weighted by atomic mass is 10.1. The van der Waals surface area contributed by atoms with Crippen molar-refractivity contribution in [1.82, 2.24) is 9.97 Å². The molecule has 1 rings (SSSR count). The fourth-order valence-electron chi connectivity index (χ4n) is 0.970. The van der Waals surface area contributed by atoms with Gasteiger partial charge in [-0.25, -0.2) is 9.97 Å². The Balaban J connectivity index is 2.99. The van der Waals surface area contributed by atoms with Crippen LogP contribution >= 0.6 is 0 Å². The van der Waals surface area contributed by atoms with Crippen LogP contribution in [-0.4, -0.2) is 21.0 Å². The lowest BCUT2D eigenvalue weighted by Gasteiger charge is -2.08. The molecule has 0 aromatic carbocycles. The Morgan fingerprint density at radius 1 is 1.57 bits per heavy atom. The molecule has 0 aliphatic carbocycles. The highest BCUT2D eigenvalue weighted by Gasteiger charge is 2.17. The molecule has 1 heterocycles. The normalized spacial score (nSPS) is 12.9. The van der Waals surface area contributed by atoms with Crippen molar-refractivity contribution in [3.05, 3.63) is 23.8 Å². The molecule has 0 amide bonds. The Labute approximate surface area is 82.0 Å². The van der Waals surface area contributed by atoms with Crippen LogP contribution in [0.15, 0.2) is 12.3 Å². The van der Waals surface area contributed by atoms with Gasteiger partial charge in [-0.1, -0.05) is 13.8 Å². The molecule has 5 nitrogen and oxygen atoms in total. The number of nitrogens with two attached hydrogens (primary N) is 1. The van der Waals surface area contributed by atoms with E-state index in [1.54, 1.807) is 6.07 Å². The van der Waals surface area contributed by atoms with Gasteiger partial charge in [-0.3, -0.25) is 4.79 Å². The van der Waals surface area contributed by atoms with Gasteiger partial charge in [0.15, 0.2) is 11.9 Å². The summed E-state index contributed by atoms with van der Waals surface area (Å²) in [6.07, 6.45) is 1.53. The fraction of sp³-hybridized carbons (Fsp3) is 0.444. The molecule has 0 spiro atoms. The highest BCUT2D eigenvalue weighted by Crippen LogP contribution is 2.12. The van der Waals surface area contributed by atoms with Crippen LogP contribution < -0.4 is 5.73 Å². The van der Waals surface area contributed by atoms with Crippen LogP contribution in [0.5, 0.6) is 0 Å². The zero-order chi connectivity index (χ0) is 10.7. The predicted molar refractivity (Wildman–Crippen MR) is 50.7 cm³/mol. The van der Waals surface area contributed by atoms with Gasteiger partial charge in [0.25, 0.3) is 0 Å². The van der Waals surface area contributed by atoms with Gasteiger partial charge in [0.2, 0.25) is 0 Å². The molecule has 0 fully saturated rings. The Morgan fingerprint density at radius 2 is 2.21 bits per heavy atom. The minimum Gasteiger partial charge on any atom is -0.480 e. The van der Waals surface area contributed by atoms with E-state index in [4.69, 9.17) is 10.8 Å². The molecule has 1 aromatic rings. The topological polar surface area (TPSA) is 89.1 Å². The number of aromatic nitrogens is 2. The van der Waals surface area contributed by atoms with Gasteiger partial charge in [0.05, 0.1) is 0 Å². The number of hydrogen-bond acceptors (Lipinski definition) is 4. The van der Waals surface area contributed by atoms with Crippen LogP contribution in [0, 0.1) is 0 Å². The monoisotopic (exact) mass is 195 g/mol. The molecule has 0 aliphatic heterocycles. The van der Waals surface area contributed by atoms with E-state index in [9.17, 15) is 4.79 Å². The third-order valence-electron chi connectivity index (χ3n) is 1.83. The van der Waals surface area contributed by atoms with Crippen molar-refractivity contribution in [3.8, 4) is 0 Å². The summed E-state index contributed by atoms with van der Waals surface area (Å²) < 4.78 is 0. The summed E-state index contributed by atoms with van der Waals surface area (Å²) in [4.78, 5) is 18.5. The molecular weight excluding hydrogens is 182 g/mol. The number of nitrogens with zero attached hydrogens (tertiary/aromatic N) is 2. The minimum atomic E-state index is -1.14. The van der Waals surface area contributed by atoms with Gasteiger partial charge in [-0.15, -0.1) is 0 Å². The molecule has 1 aromatic heterocycles. The maximum absolute atomic E-state index is 10.6. The molecule has 3 N–H and O–H groups in total. The van der Waals surface area contributed by atoms with Gasteiger partial charge in [-0.2, -0.15) is 0 Å². The molecule has 1 unspecified atom stereocenters. The zero-order valence-electron chi connectivity index (χ0n) is 8.14. The van der Waals surface area contributed by atoms with Crippen LogP contribution in [0.4, 0.5) is 0 Å². The first-order valence-corrected chi connectivity index (χ1v) is 4.33. The van der Waals surface area contributed by atoms with Crippen molar-refractivity contribution < 1.29 is 9.90 Å². The number of carboxylic acid groups (broad SMARTS) is 1. The van der Waals surface area contributed by atoms with Crippen molar-refractivity contribution in [2.45, 2.75) is 25.8 Å². The number of carbonyl (C=O) groups is 1. The van der Waals surface area contributed by atoms with Crippen LogP contribution in [0.1, 0.15) is 37.3 Å². The average Bonchev–Trinajstić information content (AvgIpc) is 2.16. The predicted octanol–water partition coefficient (Wildman–Crippen LogP) is 0.684. The first-order chi connectivity index (χ1) is 6.52. The Kier molecular flexibility index (Phi) is 3.14. The third-order valence-corrected chi connectivity index (χ3v) is 1.83. The van der Waals surface area contributed by atoms with Crippen LogP contribution in [-0.2, 0) is 4.79 Å². The molecular formula is C9H13N3O2. The summed E-state index contributed by atoms with van der Waals surface area (Å²) in [7, 11) is 0. The average molecular weight is 195 g/mol. The lowest BCUT2D eigenvalue weighted by Crippen LogP contribution is -2.23. The number of rotatable bonds is 3. The molecule has 0 aliphatic rings. The molecule has 0 saturated carbocycles. The van der Waals surface area contributed by atoms with Crippen LogP contribution in [0.2, 0.25) is 0 Å². The number of carboxylic acids is 1. The highest BCUT2D eigenvalue weighted by molar-refractivity contribution is 5.73. The summed E-state index contributed by atoms with van der Waals surface area (Å²) in [6, 6.07) is 0.608. The van der Waals surface area contributed by atoms with Gasteiger partial charge in [0.1, 0.15) is 0 Å². The van der Waals surface area contributed by atoms with Crippen LogP contribution in [0.3, 0.4) is 0 Å². The van der Waals surface area contributed by atoms with Crippen molar-refractivity contribution in [3.63, 3.8) is 0 Å². The number of hydrogen-bond donors (Lipinski definition) is 2. The molecule has 5 heteroatoms. The maximum Gasteiger partial charge on any atom is 0.328 e. The fourth-order valence-corrected chi connectivity index (χ4v) is 0.970. The standard InChI is InChI=1S/C9H13N3O2/c1-5(2)6-3-4-11-8(12-6)7(10)9(13)14/h3-5,7H,10H2,1-2H3,(H,13,14). The summed E-state index contributed by atoms with van der Waals surface area (Å²) in [6.45, 7) is 3.94. The Hall–Kier alpha value is -1.49. The summed E-state index contributed by atoms with van der Waals surface area (Å²) in [5.74, 6) is -0.729. The van der Waals surface area contributed by atoms with E-state index in [2.05, 4.69) is 9.97 Å². The van der Waals surface area contributed by atoms with E-state index >= 15 is 0 Å². The first-order valence-electron chi connectivity index (χ1n) is 4.33. The number of aliphatic carboxylic acids is 1. The highest BCUT2D eigenvalue weighted by atomic mass is 16.4. The van der Waals surface area contributed by atoms with Gasteiger partial charge >= 0.3 is 5.97 Å². The van der Waals surface area contributed by atoms with E-state index in [1.165, 1.54) is 6.20 Å². The van der Waals surface area contributed by atoms with Crippen molar-refractivity contribution in [1.29, 1.82) is 0 Å². The van der Waals surface area contributed by atoms with Gasteiger partial charge in [-0.05, 0) is 12.0 Å². The summed E-state index contributed by atoms with van der Waals surface area (Å²) in [5, 5.41) is 8.66. The molecule has 0 radical (unpaired) electrons. The molecule has 0 bridgehead atoms. The lowest BCUT2D eigenvalue weighted by molar-refractivity contribution is -0.138. The maximum atomic E-state index is 10.6. The van der Waals surface area contributed by atoms with E-state index in [0.717, 1.165) is 5.69 Å². The van der Waals surface area contributed by atoms with Gasteiger partial charge in [0, 0.05) is 11.9 Å². The Bertz CT molecular complexity index is 339.